The lowest BCUT2D eigenvalue weighted by molar-refractivity contribution is 0.0787. The minimum absolute atomic E-state index is 0.0346. The lowest BCUT2D eigenvalue weighted by Crippen LogP contribution is -2.28. The van der Waals surface area contributed by atoms with Crippen molar-refractivity contribution >= 4 is 17.3 Å². The van der Waals surface area contributed by atoms with Gasteiger partial charge in [0.15, 0.2) is 0 Å². The number of pyridine rings is 1. The Kier molecular flexibility index (Phi) is 6.36. The van der Waals surface area contributed by atoms with E-state index in [1.165, 1.54) is 11.1 Å². The number of carbonyl (C=O) groups excluding carboxylic acids is 1. The summed E-state index contributed by atoms with van der Waals surface area (Å²) in [5, 5.41) is 3.46. The van der Waals surface area contributed by atoms with E-state index in [1.807, 2.05) is 19.2 Å². The van der Waals surface area contributed by atoms with E-state index in [4.69, 9.17) is 0 Å². The van der Waals surface area contributed by atoms with Crippen LogP contribution >= 0.6 is 0 Å². The van der Waals surface area contributed by atoms with E-state index in [9.17, 15) is 4.79 Å². The molecule has 2 aromatic rings. The molecule has 0 atom stereocenters. The van der Waals surface area contributed by atoms with Gasteiger partial charge in [0.05, 0.1) is 0 Å². The van der Waals surface area contributed by atoms with Crippen LogP contribution in [0.3, 0.4) is 0 Å². The number of anilines is 2. The number of rotatable bonds is 7. The van der Waals surface area contributed by atoms with Gasteiger partial charge in [-0.25, -0.2) is 0 Å². The van der Waals surface area contributed by atoms with Gasteiger partial charge in [-0.3, -0.25) is 9.78 Å². The predicted molar refractivity (Wildman–Crippen MR) is 99.9 cm³/mol. The van der Waals surface area contributed by atoms with Gasteiger partial charge >= 0.3 is 0 Å². The van der Waals surface area contributed by atoms with Crippen LogP contribution in [-0.4, -0.2) is 29.4 Å². The maximum atomic E-state index is 12.5. The average Bonchev–Trinajstić information content (AvgIpc) is 2.61. The van der Waals surface area contributed by atoms with E-state index in [0.717, 1.165) is 37.2 Å². The van der Waals surface area contributed by atoms with E-state index in [2.05, 4.69) is 49.3 Å². The highest BCUT2D eigenvalue weighted by atomic mass is 16.2. The third-order valence-electron chi connectivity index (χ3n) is 4.18. The second-order valence-electron chi connectivity index (χ2n) is 6.10. The molecule has 0 bridgehead atoms. The molecule has 0 radical (unpaired) electrons. The molecule has 1 aromatic heterocycles. The van der Waals surface area contributed by atoms with Crippen molar-refractivity contribution in [1.29, 1.82) is 0 Å². The van der Waals surface area contributed by atoms with Crippen LogP contribution in [0, 0.1) is 6.92 Å². The van der Waals surface area contributed by atoms with Gasteiger partial charge in [0.1, 0.15) is 5.69 Å². The molecule has 1 aromatic carbocycles. The lowest BCUT2D eigenvalue weighted by atomic mass is 10.1. The van der Waals surface area contributed by atoms with Crippen LogP contribution in [0.15, 0.2) is 36.5 Å². The quantitative estimate of drug-likeness (QED) is 0.811. The zero-order chi connectivity index (χ0) is 17.5. The van der Waals surface area contributed by atoms with Crippen LogP contribution in [0.4, 0.5) is 11.4 Å². The molecule has 0 spiro atoms. The van der Waals surface area contributed by atoms with Crippen LogP contribution < -0.4 is 5.32 Å². The Bertz CT molecular complexity index is 697. The summed E-state index contributed by atoms with van der Waals surface area (Å²) >= 11 is 0. The van der Waals surface area contributed by atoms with Gasteiger partial charge in [-0.2, -0.15) is 0 Å². The van der Waals surface area contributed by atoms with E-state index in [1.54, 1.807) is 11.1 Å². The number of aryl methyl sites for hydroxylation is 2. The maximum Gasteiger partial charge on any atom is 0.272 e. The monoisotopic (exact) mass is 325 g/mol. The molecule has 0 unspecified atom stereocenters. The molecule has 4 heteroatoms. The summed E-state index contributed by atoms with van der Waals surface area (Å²) in [4.78, 5) is 18.5. The first kappa shape index (κ1) is 18.0. The van der Waals surface area contributed by atoms with Gasteiger partial charge in [0.2, 0.25) is 0 Å². The molecular weight excluding hydrogens is 298 g/mol. The third-order valence-corrected chi connectivity index (χ3v) is 4.18. The van der Waals surface area contributed by atoms with Gasteiger partial charge < -0.3 is 10.2 Å². The van der Waals surface area contributed by atoms with Gasteiger partial charge in [-0.1, -0.05) is 38.5 Å². The first-order valence-corrected chi connectivity index (χ1v) is 8.63. The maximum absolute atomic E-state index is 12.5. The summed E-state index contributed by atoms with van der Waals surface area (Å²) in [7, 11) is 1.83. The van der Waals surface area contributed by atoms with Crippen molar-refractivity contribution in [3.63, 3.8) is 0 Å². The van der Waals surface area contributed by atoms with Crippen LogP contribution in [0.5, 0.6) is 0 Å². The van der Waals surface area contributed by atoms with E-state index in [-0.39, 0.29) is 5.91 Å². The number of hydrogen-bond acceptors (Lipinski definition) is 3. The minimum atomic E-state index is -0.0346. The van der Waals surface area contributed by atoms with Gasteiger partial charge in [-0.15, -0.1) is 0 Å². The Morgan fingerprint density at radius 3 is 2.75 bits per heavy atom. The molecule has 128 valence electrons. The van der Waals surface area contributed by atoms with Crippen LogP contribution in [0.1, 0.15) is 48.3 Å². The third kappa shape index (κ3) is 4.34. The molecule has 0 aliphatic rings. The number of benzene rings is 1. The van der Waals surface area contributed by atoms with Crippen molar-refractivity contribution < 1.29 is 4.79 Å². The number of hydrogen-bond donors (Lipinski definition) is 1. The van der Waals surface area contributed by atoms with Crippen molar-refractivity contribution in [1.82, 2.24) is 9.88 Å². The molecule has 1 heterocycles. The van der Waals surface area contributed by atoms with Crippen LogP contribution in [0.2, 0.25) is 0 Å². The lowest BCUT2D eigenvalue weighted by Gasteiger charge is -2.17. The Hall–Kier alpha value is -2.36. The summed E-state index contributed by atoms with van der Waals surface area (Å²) in [5.74, 6) is -0.0346. The fourth-order valence-corrected chi connectivity index (χ4v) is 2.66. The summed E-state index contributed by atoms with van der Waals surface area (Å²) in [6.45, 7) is 7.11. The first-order chi connectivity index (χ1) is 11.6. The highest BCUT2D eigenvalue weighted by molar-refractivity contribution is 5.93. The predicted octanol–water partition coefficient (Wildman–Crippen LogP) is 4.57. The Morgan fingerprint density at radius 2 is 2.04 bits per heavy atom. The number of aromatic nitrogens is 1. The van der Waals surface area contributed by atoms with Crippen molar-refractivity contribution in [2.45, 2.75) is 40.0 Å². The molecule has 0 fully saturated rings. The van der Waals surface area contributed by atoms with E-state index in [0.29, 0.717) is 5.69 Å². The second kappa shape index (κ2) is 8.48. The zero-order valence-electron chi connectivity index (χ0n) is 15.1. The first-order valence-electron chi connectivity index (χ1n) is 8.63. The summed E-state index contributed by atoms with van der Waals surface area (Å²) < 4.78 is 0. The normalized spacial score (nSPS) is 10.5. The number of nitrogens with one attached hydrogen (secondary N) is 1. The SMILES string of the molecule is CCCCN(C)C(=O)c1cc(Nc2c(C)cccc2CC)ccn1. The van der Waals surface area contributed by atoms with Crippen LogP contribution in [-0.2, 0) is 6.42 Å². The molecule has 4 nitrogen and oxygen atoms in total. The molecular formula is C20H27N3O. The number of carbonyl (C=O) groups is 1. The molecule has 0 aliphatic carbocycles. The summed E-state index contributed by atoms with van der Waals surface area (Å²) in [5.41, 5.74) is 4.94. The molecule has 2 rings (SSSR count). The summed E-state index contributed by atoms with van der Waals surface area (Å²) in [6, 6.07) is 10.0. The highest BCUT2D eigenvalue weighted by Gasteiger charge is 2.13. The van der Waals surface area contributed by atoms with Gasteiger partial charge in [-0.05, 0) is 43.0 Å². The van der Waals surface area contributed by atoms with Crippen LogP contribution in [0.25, 0.3) is 0 Å². The largest absolute Gasteiger partial charge is 0.355 e. The average molecular weight is 325 g/mol. The molecule has 0 saturated heterocycles. The Balaban J connectivity index is 2.21. The number of nitrogens with zero attached hydrogens (tertiary/aromatic N) is 2. The molecule has 0 saturated carbocycles. The molecule has 1 amide bonds. The topological polar surface area (TPSA) is 45.2 Å². The second-order valence-corrected chi connectivity index (χ2v) is 6.10. The number of unbranched alkanes of at least 4 members (excludes halogenated alkanes) is 1. The van der Waals surface area contributed by atoms with E-state index >= 15 is 0 Å². The zero-order valence-corrected chi connectivity index (χ0v) is 15.1. The van der Waals surface area contributed by atoms with Gasteiger partial charge in [0.25, 0.3) is 5.91 Å². The molecule has 0 aliphatic heterocycles. The smallest absolute Gasteiger partial charge is 0.272 e. The Labute approximate surface area is 144 Å². The minimum Gasteiger partial charge on any atom is -0.355 e. The fourth-order valence-electron chi connectivity index (χ4n) is 2.66. The highest BCUT2D eigenvalue weighted by Crippen LogP contribution is 2.25. The Morgan fingerprint density at radius 1 is 1.25 bits per heavy atom. The standard InChI is InChI=1S/C20H27N3O/c1-5-7-13-23(4)20(24)18-14-17(11-12-21-18)22-19-15(3)9-8-10-16(19)6-2/h8-12,14H,5-7,13H2,1-4H3,(H,21,22). The van der Waals surface area contributed by atoms with Crippen molar-refractivity contribution in [2.75, 3.05) is 18.9 Å². The van der Waals surface area contributed by atoms with Crippen molar-refractivity contribution in [3.05, 3.63) is 53.3 Å². The number of para-hydroxylation sites is 1. The van der Waals surface area contributed by atoms with E-state index < -0.39 is 0 Å². The van der Waals surface area contributed by atoms with Crippen molar-refractivity contribution in [2.24, 2.45) is 0 Å². The molecule has 1 N–H and O–H groups in total. The fraction of sp³-hybridized carbons (Fsp3) is 0.400. The van der Waals surface area contributed by atoms with Crippen molar-refractivity contribution in [3.8, 4) is 0 Å². The summed E-state index contributed by atoms with van der Waals surface area (Å²) in [6.07, 6.45) is 4.72. The number of amides is 1. The van der Waals surface area contributed by atoms with Gasteiger partial charge in [0, 0.05) is 31.2 Å². The molecule has 24 heavy (non-hydrogen) atoms.